The summed E-state index contributed by atoms with van der Waals surface area (Å²) in [6.07, 6.45) is 0. The predicted octanol–water partition coefficient (Wildman–Crippen LogP) is 0.836. The summed E-state index contributed by atoms with van der Waals surface area (Å²) in [6.45, 7) is 2.59. The first-order chi connectivity index (χ1) is 4.50. The van der Waals surface area contributed by atoms with Gasteiger partial charge in [-0.2, -0.15) is 0 Å². The van der Waals surface area contributed by atoms with E-state index in [1.807, 2.05) is 0 Å². The molecule has 0 aliphatic heterocycles. The first-order valence-electron chi connectivity index (χ1n) is 3.00. The maximum Gasteiger partial charge on any atom is 0.343 e. The Morgan fingerprint density at radius 3 is 2.60 bits per heavy atom. The van der Waals surface area contributed by atoms with Crippen molar-refractivity contribution in [3.05, 3.63) is 0 Å². The number of halogens is 1. The van der Waals surface area contributed by atoms with Crippen molar-refractivity contribution in [1.29, 1.82) is 0 Å². The molecule has 10 heavy (non-hydrogen) atoms. The second kappa shape index (κ2) is 3.51. The van der Waals surface area contributed by atoms with Gasteiger partial charge in [0.05, 0.1) is 6.61 Å². The Bertz CT molecular complexity index is 122. The molecular weight excluding hydrogens is 139 g/mol. The first kappa shape index (κ1) is 9.36. The van der Waals surface area contributed by atoms with E-state index in [-0.39, 0.29) is 0 Å². The van der Waals surface area contributed by atoms with Crippen LogP contribution in [0.15, 0.2) is 0 Å². The van der Waals surface area contributed by atoms with E-state index in [1.54, 1.807) is 6.92 Å². The van der Waals surface area contributed by atoms with Crippen LogP contribution in [0.4, 0.5) is 4.39 Å². The van der Waals surface area contributed by atoms with Gasteiger partial charge in [-0.15, -0.1) is 0 Å². The molecule has 0 aliphatic rings. The minimum atomic E-state index is -2.25. The highest BCUT2D eigenvalue weighted by atomic mass is 19.1. The van der Waals surface area contributed by atoms with Gasteiger partial charge in [0, 0.05) is 6.61 Å². The predicted molar refractivity (Wildman–Crippen MR) is 33.6 cm³/mol. The Morgan fingerprint density at radius 2 is 2.30 bits per heavy atom. The Hall–Kier alpha value is -0.640. The van der Waals surface area contributed by atoms with Crippen LogP contribution in [0, 0.1) is 0 Å². The lowest BCUT2D eigenvalue weighted by atomic mass is 10.1. The van der Waals surface area contributed by atoms with Gasteiger partial charge >= 0.3 is 5.97 Å². The van der Waals surface area contributed by atoms with Crippen LogP contribution < -0.4 is 0 Å². The molecule has 0 amide bonds. The molecule has 0 aliphatic carbocycles. The van der Waals surface area contributed by atoms with E-state index in [9.17, 15) is 9.18 Å². The molecule has 0 aromatic rings. The number of carboxylic acids is 1. The second-order valence-corrected chi connectivity index (χ2v) is 2.14. The lowest BCUT2D eigenvalue weighted by Gasteiger charge is -2.13. The highest BCUT2D eigenvalue weighted by Gasteiger charge is 2.32. The lowest BCUT2D eigenvalue weighted by Crippen LogP contribution is -2.35. The minimum absolute atomic E-state index is 0.326. The first-order valence-corrected chi connectivity index (χ1v) is 3.00. The fraction of sp³-hybridized carbons (Fsp3) is 0.833. The molecule has 60 valence electrons. The Labute approximate surface area is 58.8 Å². The van der Waals surface area contributed by atoms with Gasteiger partial charge in [-0.05, 0) is 13.8 Å². The van der Waals surface area contributed by atoms with Gasteiger partial charge in [0.1, 0.15) is 0 Å². The van der Waals surface area contributed by atoms with E-state index in [4.69, 9.17) is 5.11 Å². The number of ether oxygens (including phenoxy) is 1. The summed E-state index contributed by atoms with van der Waals surface area (Å²) in [5.41, 5.74) is -2.25. The smallest absolute Gasteiger partial charge is 0.343 e. The Kier molecular flexibility index (Phi) is 3.28. The summed E-state index contributed by atoms with van der Waals surface area (Å²) in [5.74, 6) is -1.49. The van der Waals surface area contributed by atoms with Crippen LogP contribution in [0.3, 0.4) is 0 Å². The normalized spacial score (nSPS) is 16.3. The summed E-state index contributed by atoms with van der Waals surface area (Å²) in [5, 5.41) is 8.21. The Balaban J connectivity index is 3.75. The molecule has 0 spiro atoms. The van der Waals surface area contributed by atoms with Crippen LogP contribution in [0.1, 0.15) is 13.8 Å². The third-order valence-corrected chi connectivity index (χ3v) is 1.02. The summed E-state index contributed by atoms with van der Waals surface area (Å²) >= 11 is 0. The maximum absolute atomic E-state index is 12.7. The monoisotopic (exact) mass is 150 g/mol. The number of carboxylic acid groups (broad SMARTS) is 1. The van der Waals surface area contributed by atoms with Crippen molar-refractivity contribution in [1.82, 2.24) is 0 Å². The van der Waals surface area contributed by atoms with Gasteiger partial charge in [0.25, 0.3) is 0 Å². The van der Waals surface area contributed by atoms with Crippen LogP contribution in [0.2, 0.25) is 0 Å². The summed E-state index contributed by atoms with van der Waals surface area (Å²) < 4.78 is 17.3. The Morgan fingerprint density at radius 1 is 1.80 bits per heavy atom. The molecule has 0 rings (SSSR count). The number of aliphatic carboxylic acids is 1. The van der Waals surface area contributed by atoms with Crippen LogP contribution in [-0.4, -0.2) is 30.0 Å². The van der Waals surface area contributed by atoms with E-state index in [1.165, 1.54) is 0 Å². The largest absolute Gasteiger partial charge is 0.479 e. The lowest BCUT2D eigenvalue weighted by molar-refractivity contribution is -0.153. The van der Waals surface area contributed by atoms with Crippen molar-refractivity contribution in [2.75, 3.05) is 13.2 Å². The standard InChI is InChI=1S/C6H11FO3/c1-3-10-4-6(2,7)5(8)9/h3-4H2,1-2H3,(H,8,9). The number of carbonyl (C=O) groups is 1. The molecule has 0 radical (unpaired) electrons. The fourth-order valence-electron chi connectivity index (χ4n) is 0.355. The number of hydrogen-bond acceptors (Lipinski definition) is 2. The van der Waals surface area contributed by atoms with Crippen LogP contribution >= 0.6 is 0 Å². The molecule has 1 unspecified atom stereocenters. The summed E-state index contributed by atoms with van der Waals surface area (Å²) in [4.78, 5) is 10.1. The fourth-order valence-corrected chi connectivity index (χ4v) is 0.355. The molecule has 3 nitrogen and oxygen atoms in total. The SMILES string of the molecule is CCOCC(C)(F)C(=O)O. The van der Waals surface area contributed by atoms with Crippen molar-refractivity contribution in [3.8, 4) is 0 Å². The number of alkyl halides is 1. The molecule has 1 atom stereocenters. The van der Waals surface area contributed by atoms with Crippen molar-refractivity contribution in [3.63, 3.8) is 0 Å². The van der Waals surface area contributed by atoms with Crippen molar-refractivity contribution < 1.29 is 19.0 Å². The number of rotatable bonds is 4. The highest BCUT2D eigenvalue weighted by molar-refractivity contribution is 5.76. The molecule has 0 heterocycles. The molecule has 0 saturated carbocycles. The van der Waals surface area contributed by atoms with Crippen LogP contribution in [-0.2, 0) is 9.53 Å². The van der Waals surface area contributed by atoms with E-state index >= 15 is 0 Å². The maximum atomic E-state index is 12.7. The van der Waals surface area contributed by atoms with Crippen molar-refractivity contribution in [2.24, 2.45) is 0 Å². The molecule has 1 N–H and O–H groups in total. The zero-order chi connectivity index (χ0) is 8.20. The molecular formula is C6H11FO3. The summed E-state index contributed by atoms with van der Waals surface area (Å²) in [6, 6.07) is 0. The molecule has 0 fully saturated rings. The average Bonchev–Trinajstić information content (AvgIpc) is 1.84. The average molecular weight is 150 g/mol. The van der Waals surface area contributed by atoms with E-state index in [0.717, 1.165) is 6.92 Å². The van der Waals surface area contributed by atoms with Crippen LogP contribution in [0.25, 0.3) is 0 Å². The highest BCUT2D eigenvalue weighted by Crippen LogP contribution is 2.09. The zero-order valence-electron chi connectivity index (χ0n) is 6.06. The van der Waals surface area contributed by atoms with Gasteiger partial charge in [-0.1, -0.05) is 0 Å². The topological polar surface area (TPSA) is 46.5 Å². The van der Waals surface area contributed by atoms with E-state index in [2.05, 4.69) is 4.74 Å². The second-order valence-electron chi connectivity index (χ2n) is 2.14. The molecule has 0 aromatic carbocycles. The molecule has 0 saturated heterocycles. The molecule has 4 heteroatoms. The number of hydrogen-bond donors (Lipinski definition) is 1. The zero-order valence-corrected chi connectivity index (χ0v) is 6.06. The minimum Gasteiger partial charge on any atom is -0.479 e. The van der Waals surface area contributed by atoms with Gasteiger partial charge in [-0.25, -0.2) is 9.18 Å². The third kappa shape index (κ3) is 2.77. The van der Waals surface area contributed by atoms with E-state index in [0.29, 0.717) is 6.61 Å². The molecule has 0 bridgehead atoms. The van der Waals surface area contributed by atoms with Gasteiger partial charge in [-0.3, -0.25) is 0 Å². The van der Waals surface area contributed by atoms with Gasteiger partial charge in [0.2, 0.25) is 5.67 Å². The van der Waals surface area contributed by atoms with E-state index < -0.39 is 18.2 Å². The molecule has 0 aromatic heterocycles. The van der Waals surface area contributed by atoms with Gasteiger partial charge < -0.3 is 9.84 Å². The summed E-state index contributed by atoms with van der Waals surface area (Å²) in [7, 11) is 0. The third-order valence-electron chi connectivity index (χ3n) is 1.02. The quantitative estimate of drug-likeness (QED) is 0.645. The van der Waals surface area contributed by atoms with Crippen LogP contribution in [0.5, 0.6) is 0 Å². The van der Waals surface area contributed by atoms with Crippen molar-refractivity contribution >= 4 is 5.97 Å². The van der Waals surface area contributed by atoms with Gasteiger partial charge in [0.15, 0.2) is 0 Å². The van der Waals surface area contributed by atoms with Crippen molar-refractivity contribution in [2.45, 2.75) is 19.5 Å².